The van der Waals surface area contributed by atoms with Crippen LogP contribution in [0.5, 0.6) is 5.75 Å². The number of methoxy groups -OCH3 is 1. The fraction of sp³-hybridized carbons (Fsp3) is 0.526. The number of carboxylic acids is 1. The zero-order valence-corrected chi connectivity index (χ0v) is 14.8. The van der Waals surface area contributed by atoms with Crippen LogP contribution in [0.3, 0.4) is 0 Å². The minimum absolute atomic E-state index is 0.0195. The maximum atomic E-state index is 11.1. The van der Waals surface area contributed by atoms with E-state index in [1.807, 2.05) is 38.1 Å². The van der Waals surface area contributed by atoms with Crippen LogP contribution in [-0.2, 0) is 16.1 Å². The molecule has 5 atom stereocenters. The molecule has 5 nitrogen and oxygen atoms in total. The van der Waals surface area contributed by atoms with E-state index in [4.69, 9.17) is 14.6 Å². The second-order valence-corrected chi connectivity index (χ2v) is 6.20. The molecule has 2 N–H and O–H groups in total. The highest BCUT2D eigenvalue weighted by Gasteiger charge is 2.34. The van der Waals surface area contributed by atoms with Gasteiger partial charge in [0, 0.05) is 11.8 Å². The van der Waals surface area contributed by atoms with Crippen LogP contribution in [0.1, 0.15) is 26.3 Å². The number of aliphatic carboxylic acids is 1. The molecule has 0 saturated heterocycles. The van der Waals surface area contributed by atoms with Crippen LogP contribution >= 0.6 is 0 Å². The van der Waals surface area contributed by atoms with Gasteiger partial charge in [-0.1, -0.05) is 32.1 Å². The molecule has 1 aromatic rings. The molecule has 1 rings (SSSR count). The number of benzene rings is 1. The van der Waals surface area contributed by atoms with Crippen LogP contribution in [0, 0.1) is 17.8 Å². The Labute approximate surface area is 143 Å². The Hall–Kier alpha value is -1.85. The number of aliphatic hydroxyl groups is 1. The number of hydrogen-bond donors (Lipinski definition) is 2. The quantitative estimate of drug-likeness (QED) is 0.642. The van der Waals surface area contributed by atoms with Gasteiger partial charge in [0.15, 0.2) is 0 Å². The molecular weight excluding hydrogens is 308 g/mol. The van der Waals surface area contributed by atoms with Crippen molar-refractivity contribution in [3.63, 3.8) is 0 Å². The van der Waals surface area contributed by atoms with Crippen molar-refractivity contribution in [1.82, 2.24) is 0 Å². The second-order valence-electron chi connectivity index (χ2n) is 6.20. The zero-order valence-electron chi connectivity index (χ0n) is 14.8. The molecule has 0 aliphatic carbocycles. The van der Waals surface area contributed by atoms with Crippen LogP contribution in [0.4, 0.5) is 0 Å². The number of ether oxygens (including phenoxy) is 2. The number of aliphatic hydroxyl groups excluding tert-OH is 1. The Balaban J connectivity index is 2.80. The third kappa shape index (κ3) is 5.35. The van der Waals surface area contributed by atoms with Gasteiger partial charge in [-0.3, -0.25) is 4.79 Å². The van der Waals surface area contributed by atoms with E-state index >= 15 is 0 Å². The van der Waals surface area contributed by atoms with Crippen molar-refractivity contribution in [2.75, 3.05) is 7.11 Å². The zero-order chi connectivity index (χ0) is 18.3. The predicted octanol–water partition coefficient (Wildman–Crippen LogP) is 3.12. The Morgan fingerprint density at radius 2 is 1.83 bits per heavy atom. The lowest BCUT2D eigenvalue weighted by Crippen LogP contribution is -2.41. The van der Waals surface area contributed by atoms with E-state index in [0.29, 0.717) is 6.61 Å². The number of hydrogen-bond acceptors (Lipinski definition) is 4. The highest BCUT2D eigenvalue weighted by molar-refractivity contribution is 5.70. The summed E-state index contributed by atoms with van der Waals surface area (Å²) < 4.78 is 11.1. The van der Waals surface area contributed by atoms with Gasteiger partial charge in [0.25, 0.3) is 0 Å². The van der Waals surface area contributed by atoms with Gasteiger partial charge in [-0.2, -0.15) is 0 Å². The smallest absolute Gasteiger partial charge is 0.308 e. The molecule has 134 valence electrons. The molecule has 0 aliphatic rings. The summed E-state index contributed by atoms with van der Waals surface area (Å²) in [4.78, 5) is 11.1. The van der Waals surface area contributed by atoms with E-state index in [1.54, 1.807) is 13.2 Å². The summed E-state index contributed by atoms with van der Waals surface area (Å²) in [6.45, 7) is 9.41. The summed E-state index contributed by atoms with van der Waals surface area (Å²) in [5, 5.41) is 19.4. The van der Waals surface area contributed by atoms with Crippen molar-refractivity contribution < 1.29 is 24.5 Å². The minimum Gasteiger partial charge on any atom is -0.497 e. The first kappa shape index (κ1) is 20.2. The minimum atomic E-state index is -1.02. The van der Waals surface area contributed by atoms with Gasteiger partial charge in [-0.15, -0.1) is 6.58 Å². The van der Waals surface area contributed by atoms with Crippen LogP contribution in [0.25, 0.3) is 0 Å². The highest BCUT2D eigenvalue weighted by atomic mass is 16.5. The van der Waals surface area contributed by atoms with Crippen LogP contribution in [0.15, 0.2) is 36.9 Å². The second kappa shape index (κ2) is 9.45. The summed E-state index contributed by atoms with van der Waals surface area (Å²) in [7, 11) is 1.61. The van der Waals surface area contributed by atoms with Gasteiger partial charge in [0.05, 0.1) is 31.8 Å². The molecule has 0 saturated carbocycles. The summed E-state index contributed by atoms with van der Waals surface area (Å²) in [6, 6.07) is 7.54. The maximum Gasteiger partial charge on any atom is 0.308 e. The molecule has 1 aromatic carbocycles. The van der Waals surface area contributed by atoms with Gasteiger partial charge < -0.3 is 19.7 Å². The molecule has 0 aromatic heterocycles. The first-order chi connectivity index (χ1) is 11.3. The molecular formula is C19H28O5. The van der Waals surface area contributed by atoms with Gasteiger partial charge in [0.1, 0.15) is 5.75 Å². The molecule has 0 bridgehead atoms. The Morgan fingerprint density at radius 3 is 2.29 bits per heavy atom. The van der Waals surface area contributed by atoms with Crippen molar-refractivity contribution in [3.8, 4) is 5.75 Å². The van der Waals surface area contributed by atoms with Gasteiger partial charge in [0.2, 0.25) is 0 Å². The molecule has 0 unspecified atom stereocenters. The molecule has 0 aliphatic heterocycles. The topological polar surface area (TPSA) is 76.0 Å². The lowest BCUT2D eigenvalue weighted by atomic mass is 9.84. The van der Waals surface area contributed by atoms with Gasteiger partial charge in [-0.25, -0.2) is 0 Å². The molecule has 0 heterocycles. The van der Waals surface area contributed by atoms with Crippen molar-refractivity contribution >= 4 is 5.97 Å². The number of carboxylic acid groups (broad SMARTS) is 1. The summed E-state index contributed by atoms with van der Waals surface area (Å²) >= 11 is 0. The third-order valence-corrected chi connectivity index (χ3v) is 4.45. The lowest BCUT2D eigenvalue weighted by molar-refractivity contribution is -0.148. The number of carbonyl (C=O) groups is 1. The summed E-state index contributed by atoms with van der Waals surface area (Å²) in [5.41, 5.74) is 0.977. The van der Waals surface area contributed by atoms with Crippen LogP contribution in [0.2, 0.25) is 0 Å². The van der Waals surface area contributed by atoms with Gasteiger partial charge in [-0.05, 0) is 24.6 Å². The average Bonchev–Trinajstić information content (AvgIpc) is 2.60. The monoisotopic (exact) mass is 336 g/mol. The molecule has 0 radical (unpaired) electrons. The predicted molar refractivity (Wildman–Crippen MR) is 92.9 cm³/mol. The number of rotatable bonds is 10. The van der Waals surface area contributed by atoms with Crippen molar-refractivity contribution in [1.29, 1.82) is 0 Å². The van der Waals surface area contributed by atoms with E-state index in [1.165, 1.54) is 6.92 Å². The van der Waals surface area contributed by atoms with Gasteiger partial charge >= 0.3 is 5.97 Å². The lowest BCUT2D eigenvalue weighted by Gasteiger charge is -2.32. The largest absolute Gasteiger partial charge is 0.497 e. The molecule has 0 amide bonds. The van der Waals surface area contributed by atoms with E-state index in [9.17, 15) is 9.90 Å². The molecule has 0 spiro atoms. The molecule has 24 heavy (non-hydrogen) atoms. The fourth-order valence-electron chi connectivity index (χ4n) is 2.63. The third-order valence-electron chi connectivity index (χ3n) is 4.45. The Kier molecular flexibility index (Phi) is 7.95. The highest BCUT2D eigenvalue weighted by Crippen LogP contribution is 2.26. The van der Waals surface area contributed by atoms with E-state index in [0.717, 1.165) is 11.3 Å². The SMILES string of the molecule is C=C[C@H](C)[C@H](OCc1ccc(OC)cc1)[C@@H](C)[C@@H](O)[C@@H](C)C(=O)O. The van der Waals surface area contributed by atoms with E-state index < -0.39 is 18.0 Å². The van der Waals surface area contributed by atoms with E-state index in [-0.39, 0.29) is 17.9 Å². The average molecular weight is 336 g/mol. The molecule has 5 heteroatoms. The van der Waals surface area contributed by atoms with Crippen LogP contribution < -0.4 is 4.74 Å². The Morgan fingerprint density at radius 1 is 1.25 bits per heavy atom. The summed E-state index contributed by atoms with van der Waals surface area (Å²) in [6.07, 6.45) is 0.431. The first-order valence-electron chi connectivity index (χ1n) is 8.09. The van der Waals surface area contributed by atoms with E-state index in [2.05, 4.69) is 6.58 Å². The summed E-state index contributed by atoms with van der Waals surface area (Å²) in [5.74, 6) is -1.47. The van der Waals surface area contributed by atoms with Crippen molar-refractivity contribution in [2.45, 2.75) is 39.6 Å². The van der Waals surface area contributed by atoms with Crippen molar-refractivity contribution in [2.24, 2.45) is 17.8 Å². The van der Waals surface area contributed by atoms with Crippen molar-refractivity contribution in [3.05, 3.63) is 42.5 Å². The molecule has 0 fully saturated rings. The maximum absolute atomic E-state index is 11.1. The first-order valence-corrected chi connectivity index (χ1v) is 8.09. The Bertz CT molecular complexity index is 525. The fourth-order valence-corrected chi connectivity index (χ4v) is 2.63. The van der Waals surface area contributed by atoms with Crippen LogP contribution in [-0.4, -0.2) is 35.5 Å². The standard InChI is InChI=1S/C19H28O5/c1-6-12(2)18(13(3)17(20)14(4)19(21)22)24-11-15-7-9-16(23-5)10-8-15/h6-10,12-14,17-18,20H,1,11H2,2-5H3,(H,21,22)/t12-,13-,14+,17+,18-/m0/s1. The normalized spacial score (nSPS) is 17.4.